The SMILES string of the molecule is CC(c1ccccc1)C(O)C(N)Cc1ccccc1. The molecule has 2 nitrogen and oxygen atoms in total. The van der Waals surface area contributed by atoms with Gasteiger partial charge in [-0.15, -0.1) is 0 Å². The minimum Gasteiger partial charge on any atom is -0.391 e. The number of nitrogens with two attached hydrogens (primary N) is 1. The molecule has 3 N–H and O–H groups in total. The molecule has 2 rings (SSSR count). The zero-order chi connectivity index (χ0) is 13.7. The van der Waals surface area contributed by atoms with E-state index in [2.05, 4.69) is 0 Å². The Labute approximate surface area is 114 Å². The molecule has 2 aromatic rings. The van der Waals surface area contributed by atoms with Crippen LogP contribution in [0.4, 0.5) is 0 Å². The van der Waals surface area contributed by atoms with Gasteiger partial charge in [0.2, 0.25) is 0 Å². The van der Waals surface area contributed by atoms with Gasteiger partial charge >= 0.3 is 0 Å². The largest absolute Gasteiger partial charge is 0.391 e. The Balaban J connectivity index is 2.01. The highest BCUT2D eigenvalue weighted by Gasteiger charge is 2.22. The normalized spacial score (nSPS) is 15.7. The van der Waals surface area contributed by atoms with Crippen LogP contribution >= 0.6 is 0 Å². The van der Waals surface area contributed by atoms with Gasteiger partial charge in [0.1, 0.15) is 0 Å². The van der Waals surface area contributed by atoms with Crippen LogP contribution in [0.25, 0.3) is 0 Å². The molecule has 0 amide bonds. The lowest BCUT2D eigenvalue weighted by Crippen LogP contribution is -2.39. The molecule has 0 fully saturated rings. The Kier molecular flexibility index (Phi) is 4.72. The number of rotatable bonds is 5. The summed E-state index contributed by atoms with van der Waals surface area (Å²) in [5.74, 6) is 0.0416. The molecule has 0 radical (unpaired) electrons. The fraction of sp³-hybridized carbons (Fsp3) is 0.294. The molecule has 0 aromatic heterocycles. The number of aliphatic hydroxyl groups excluding tert-OH is 1. The summed E-state index contributed by atoms with van der Waals surface area (Å²) in [7, 11) is 0. The van der Waals surface area contributed by atoms with Crippen molar-refractivity contribution in [2.45, 2.75) is 31.4 Å². The van der Waals surface area contributed by atoms with Crippen LogP contribution in [0.3, 0.4) is 0 Å². The minimum atomic E-state index is -0.539. The highest BCUT2D eigenvalue weighted by molar-refractivity contribution is 5.21. The van der Waals surface area contributed by atoms with Crippen molar-refractivity contribution in [2.75, 3.05) is 0 Å². The monoisotopic (exact) mass is 255 g/mol. The predicted octanol–water partition coefficient (Wildman–Crippen LogP) is 2.72. The Morgan fingerprint density at radius 3 is 2.05 bits per heavy atom. The summed E-state index contributed by atoms with van der Waals surface area (Å²) in [6.45, 7) is 2.02. The van der Waals surface area contributed by atoms with Crippen LogP contribution in [0, 0.1) is 0 Å². The molecule has 3 unspecified atom stereocenters. The molecule has 0 aliphatic rings. The first-order valence-corrected chi connectivity index (χ1v) is 6.71. The third-order valence-electron chi connectivity index (χ3n) is 3.59. The Morgan fingerprint density at radius 1 is 0.947 bits per heavy atom. The summed E-state index contributed by atoms with van der Waals surface area (Å²) >= 11 is 0. The van der Waals surface area contributed by atoms with E-state index in [1.165, 1.54) is 0 Å². The zero-order valence-corrected chi connectivity index (χ0v) is 11.2. The summed E-state index contributed by atoms with van der Waals surface area (Å²) in [4.78, 5) is 0. The van der Waals surface area contributed by atoms with Crippen LogP contribution in [0.2, 0.25) is 0 Å². The van der Waals surface area contributed by atoms with Crippen molar-refractivity contribution in [1.29, 1.82) is 0 Å². The van der Waals surface area contributed by atoms with Crippen LogP contribution in [-0.4, -0.2) is 17.3 Å². The van der Waals surface area contributed by atoms with Gasteiger partial charge in [0, 0.05) is 12.0 Å². The number of aliphatic hydroxyl groups is 1. The van der Waals surface area contributed by atoms with Crippen LogP contribution in [-0.2, 0) is 6.42 Å². The van der Waals surface area contributed by atoms with Crippen molar-refractivity contribution >= 4 is 0 Å². The van der Waals surface area contributed by atoms with E-state index in [1.54, 1.807) is 0 Å². The second-order valence-electron chi connectivity index (χ2n) is 5.04. The molecule has 19 heavy (non-hydrogen) atoms. The number of hydrogen-bond acceptors (Lipinski definition) is 2. The standard InChI is InChI=1S/C17H21NO/c1-13(15-10-6-3-7-11-15)17(19)16(18)12-14-8-4-2-5-9-14/h2-11,13,16-17,19H,12,18H2,1H3. The quantitative estimate of drug-likeness (QED) is 0.863. The van der Waals surface area contributed by atoms with Crippen molar-refractivity contribution in [1.82, 2.24) is 0 Å². The lowest BCUT2D eigenvalue weighted by molar-refractivity contribution is 0.120. The number of benzene rings is 2. The summed E-state index contributed by atoms with van der Waals surface area (Å²) in [5.41, 5.74) is 8.42. The fourth-order valence-corrected chi connectivity index (χ4v) is 2.33. The van der Waals surface area contributed by atoms with Gasteiger partial charge in [0.15, 0.2) is 0 Å². The molecule has 2 heteroatoms. The van der Waals surface area contributed by atoms with Gasteiger partial charge in [0.05, 0.1) is 6.10 Å². The van der Waals surface area contributed by atoms with Crippen molar-refractivity contribution in [2.24, 2.45) is 5.73 Å². The van der Waals surface area contributed by atoms with Gasteiger partial charge in [0.25, 0.3) is 0 Å². The second kappa shape index (κ2) is 6.50. The summed E-state index contributed by atoms with van der Waals surface area (Å²) < 4.78 is 0. The van der Waals surface area contributed by atoms with E-state index >= 15 is 0 Å². The third-order valence-corrected chi connectivity index (χ3v) is 3.59. The van der Waals surface area contributed by atoms with Gasteiger partial charge in [-0.3, -0.25) is 0 Å². The molecule has 0 aliphatic heterocycles. The molecular weight excluding hydrogens is 234 g/mol. The van der Waals surface area contributed by atoms with Gasteiger partial charge in [-0.1, -0.05) is 67.6 Å². The van der Waals surface area contributed by atoms with E-state index in [0.717, 1.165) is 11.1 Å². The molecule has 100 valence electrons. The second-order valence-corrected chi connectivity index (χ2v) is 5.04. The summed E-state index contributed by atoms with van der Waals surface area (Å²) in [6.07, 6.45) is 0.154. The maximum absolute atomic E-state index is 10.4. The van der Waals surface area contributed by atoms with Crippen LogP contribution in [0.15, 0.2) is 60.7 Å². The lowest BCUT2D eigenvalue weighted by atomic mass is 9.88. The average Bonchev–Trinajstić information content (AvgIpc) is 2.47. The highest BCUT2D eigenvalue weighted by Crippen LogP contribution is 2.21. The first kappa shape index (κ1) is 13.8. The minimum absolute atomic E-state index is 0.0416. The molecule has 0 bridgehead atoms. The average molecular weight is 255 g/mol. The maximum atomic E-state index is 10.4. The van der Waals surface area contributed by atoms with Crippen molar-refractivity contribution in [3.63, 3.8) is 0 Å². The molecule has 0 heterocycles. The van der Waals surface area contributed by atoms with Gasteiger partial charge in [-0.2, -0.15) is 0 Å². The van der Waals surface area contributed by atoms with Crippen molar-refractivity contribution < 1.29 is 5.11 Å². The first-order chi connectivity index (χ1) is 9.18. The summed E-state index contributed by atoms with van der Waals surface area (Å²) in [6, 6.07) is 19.8. The molecule has 0 saturated carbocycles. The summed E-state index contributed by atoms with van der Waals surface area (Å²) in [5, 5.41) is 10.4. The number of hydrogen-bond donors (Lipinski definition) is 2. The van der Waals surface area contributed by atoms with Crippen LogP contribution in [0.1, 0.15) is 24.0 Å². The molecule has 0 saturated heterocycles. The van der Waals surface area contributed by atoms with Crippen LogP contribution < -0.4 is 5.73 Å². The van der Waals surface area contributed by atoms with E-state index in [4.69, 9.17) is 5.73 Å². The predicted molar refractivity (Wildman–Crippen MR) is 79.0 cm³/mol. The van der Waals surface area contributed by atoms with E-state index < -0.39 is 6.10 Å². The van der Waals surface area contributed by atoms with Crippen LogP contribution in [0.5, 0.6) is 0 Å². The Bertz CT molecular complexity index is 483. The highest BCUT2D eigenvalue weighted by atomic mass is 16.3. The molecule has 3 atom stereocenters. The Hall–Kier alpha value is -1.64. The smallest absolute Gasteiger partial charge is 0.0760 e. The van der Waals surface area contributed by atoms with Gasteiger partial charge < -0.3 is 10.8 Å². The maximum Gasteiger partial charge on any atom is 0.0760 e. The molecule has 0 spiro atoms. The Morgan fingerprint density at radius 2 is 1.47 bits per heavy atom. The molecular formula is C17H21NO. The van der Waals surface area contributed by atoms with Gasteiger partial charge in [-0.05, 0) is 17.5 Å². The van der Waals surface area contributed by atoms with E-state index in [1.807, 2.05) is 67.6 Å². The third kappa shape index (κ3) is 3.66. The lowest BCUT2D eigenvalue weighted by Gasteiger charge is -2.25. The van der Waals surface area contributed by atoms with E-state index in [0.29, 0.717) is 6.42 Å². The van der Waals surface area contributed by atoms with Crippen molar-refractivity contribution in [3.05, 3.63) is 71.8 Å². The molecule has 0 aliphatic carbocycles. The molecule has 2 aromatic carbocycles. The van der Waals surface area contributed by atoms with E-state index in [-0.39, 0.29) is 12.0 Å². The van der Waals surface area contributed by atoms with Gasteiger partial charge in [-0.25, -0.2) is 0 Å². The first-order valence-electron chi connectivity index (χ1n) is 6.71. The van der Waals surface area contributed by atoms with E-state index in [9.17, 15) is 5.11 Å². The topological polar surface area (TPSA) is 46.2 Å². The van der Waals surface area contributed by atoms with Crippen molar-refractivity contribution in [3.8, 4) is 0 Å². The zero-order valence-electron chi connectivity index (χ0n) is 11.2. The fourth-order valence-electron chi connectivity index (χ4n) is 2.33.